The van der Waals surface area contributed by atoms with Crippen LogP contribution in [-0.4, -0.2) is 9.55 Å². The van der Waals surface area contributed by atoms with E-state index in [2.05, 4.69) is 60.9 Å². The maximum absolute atomic E-state index is 5.69. The van der Waals surface area contributed by atoms with Gasteiger partial charge in [0.05, 0.1) is 11.0 Å². The molecule has 0 saturated carbocycles. The highest BCUT2D eigenvalue weighted by Gasteiger charge is 2.12. The molecule has 3 aromatic rings. The fourth-order valence-electron chi connectivity index (χ4n) is 2.70. The summed E-state index contributed by atoms with van der Waals surface area (Å²) in [7, 11) is 0. The molecule has 0 spiro atoms. The molecule has 114 valence electrons. The molecule has 3 rings (SSSR count). The molecule has 3 nitrogen and oxygen atoms in total. The Morgan fingerprint density at radius 3 is 2.45 bits per heavy atom. The van der Waals surface area contributed by atoms with Crippen LogP contribution in [0.5, 0.6) is 0 Å². The Morgan fingerprint density at radius 2 is 1.77 bits per heavy atom. The average molecular weight is 293 g/mol. The highest BCUT2D eigenvalue weighted by molar-refractivity contribution is 5.80. The number of aromatic nitrogens is 2. The van der Waals surface area contributed by atoms with Gasteiger partial charge < -0.3 is 10.3 Å². The van der Waals surface area contributed by atoms with Gasteiger partial charge in [0.1, 0.15) is 5.82 Å². The number of hydrogen-bond donors (Lipinski definition) is 1. The summed E-state index contributed by atoms with van der Waals surface area (Å²) in [6, 6.07) is 16.8. The van der Waals surface area contributed by atoms with Crippen LogP contribution in [0.15, 0.2) is 48.5 Å². The molecule has 2 N–H and O–H groups in total. The SMILES string of the molecule is CC(C)CCn1c(-c2ccc(CN)cc2)nc2ccccc21. The van der Waals surface area contributed by atoms with Gasteiger partial charge in [-0.05, 0) is 30.0 Å². The molecule has 0 fully saturated rings. The van der Waals surface area contributed by atoms with Gasteiger partial charge in [0, 0.05) is 18.7 Å². The lowest BCUT2D eigenvalue weighted by atomic mass is 10.1. The second-order valence-corrected chi connectivity index (χ2v) is 6.16. The number of aryl methyl sites for hydroxylation is 1. The summed E-state index contributed by atoms with van der Waals surface area (Å²) < 4.78 is 2.34. The highest BCUT2D eigenvalue weighted by Crippen LogP contribution is 2.26. The van der Waals surface area contributed by atoms with E-state index in [9.17, 15) is 0 Å². The van der Waals surface area contributed by atoms with Crippen LogP contribution in [0.3, 0.4) is 0 Å². The van der Waals surface area contributed by atoms with Crippen LogP contribution in [0.4, 0.5) is 0 Å². The van der Waals surface area contributed by atoms with Crippen molar-refractivity contribution in [2.45, 2.75) is 33.4 Å². The molecular formula is C19H23N3. The lowest BCUT2D eigenvalue weighted by Gasteiger charge is -2.11. The lowest BCUT2D eigenvalue weighted by molar-refractivity contribution is 0.525. The summed E-state index contributed by atoms with van der Waals surface area (Å²) in [5.74, 6) is 1.72. The van der Waals surface area contributed by atoms with Crippen molar-refractivity contribution in [1.82, 2.24) is 9.55 Å². The van der Waals surface area contributed by atoms with E-state index in [1.165, 1.54) is 5.52 Å². The van der Waals surface area contributed by atoms with Crippen molar-refractivity contribution < 1.29 is 0 Å². The topological polar surface area (TPSA) is 43.8 Å². The van der Waals surface area contributed by atoms with E-state index < -0.39 is 0 Å². The summed E-state index contributed by atoms with van der Waals surface area (Å²) in [6.07, 6.45) is 1.15. The third kappa shape index (κ3) is 2.90. The summed E-state index contributed by atoms with van der Waals surface area (Å²) >= 11 is 0. The maximum atomic E-state index is 5.69. The second-order valence-electron chi connectivity index (χ2n) is 6.16. The first-order chi connectivity index (χ1) is 10.7. The fraction of sp³-hybridized carbons (Fsp3) is 0.316. The molecule has 0 radical (unpaired) electrons. The highest BCUT2D eigenvalue weighted by atomic mass is 15.1. The number of rotatable bonds is 5. The van der Waals surface area contributed by atoms with Gasteiger partial charge in [-0.15, -0.1) is 0 Å². The first-order valence-corrected chi connectivity index (χ1v) is 7.93. The van der Waals surface area contributed by atoms with Gasteiger partial charge in [-0.2, -0.15) is 0 Å². The predicted octanol–water partition coefficient (Wildman–Crippen LogP) is 4.21. The van der Waals surface area contributed by atoms with Crippen molar-refractivity contribution in [3.05, 3.63) is 54.1 Å². The maximum Gasteiger partial charge on any atom is 0.141 e. The van der Waals surface area contributed by atoms with Gasteiger partial charge in [0.25, 0.3) is 0 Å². The molecule has 0 saturated heterocycles. The van der Waals surface area contributed by atoms with Gasteiger partial charge in [-0.25, -0.2) is 4.98 Å². The third-order valence-electron chi connectivity index (χ3n) is 4.03. The largest absolute Gasteiger partial charge is 0.326 e. The van der Waals surface area contributed by atoms with E-state index in [1.54, 1.807) is 0 Å². The van der Waals surface area contributed by atoms with Crippen LogP contribution in [0.2, 0.25) is 0 Å². The molecule has 1 aromatic heterocycles. The molecule has 0 aliphatic heterocycles. The zero-order chi connectivity index (χ0) is 15.5. The quantitative estimate of drug-likeness (QED) is 0.766. The molecule has 0 aliphatic rings. The number of benzene rings is 2. The smallest absolute Gasteiger partial charge is 0.141 e. The zero-order valence-electron chi connectivity index (χ0n) is 13.3. The van der Waals surface area contributed by atoms with Crippen LogP contribution in [0.1, 0.15) is 25.8 Å². The molecular weight excluding hydrogens is 270 g/mol. The summed E-state index contributed by atoms with van der Waals surface area (Å²) in [5.41, 5.74) is 10.3. The predicted molar refractivity (Wildman–Crippen MR) is 92.5 cm³/mol. The standard InChI is InChI=1S/C19H23N3/c1-14(2)11-12-22-18-6-4-3-5-17(18)21-19(22)16-9-7-15(13-20)8-10-16/h3-10,14H,11-13,20H2,1-2H3. The molecule has 3 heteroatoms. The number of nitrogens with two attached hydrogens (primary N) is 1. The molecule has 1 heterocycles. The minimum absolute atomic E-state index is 0.573. The number of imidazole rings is 1. The van der Waals surface area contributed by atoms with Crippen LogP contribution in [0.25, 0.3) is 22.4 Å². The Hall–Kier alpha value is -2.13. The Balaban J connectivity index is 2.08. The van der Waals surface area contributed by atoms with Gasteiger partial charge in [0.2, 0.25) is 0 Å². The van der Waals surface area contributed by atoms with Crippen LogP contribution in [-0.2, 0) is 13.1 Å². The van der Waals surface area contributed by atoms with E-state index in [0.29, 0.717) is 12.5 Å². The van der Waals surface area contributed by atoms with Crippen molar-refractivity contribution in [1.29, 1.82) is 0 Å². The van der Waals surface area contributed by atoms with E-state index in [4.69, 9.17) is 10.7 Å². The monoisotopic (exact) mass is 293 g/mol. The van der Waals surface area contributed by atoms with Gasteiger partial charge in [-0.1, -0.05) is 50.2 Å². The average Bonchev–Trinajstić information content (AvgIpc) is 2.91. The molecule has 0 aliphatic carbocycles. The van der Waals surface area contributed by atoms with Crippen LogP contribution < -0.4 is 5.73 Å². The van der Waals surface area contributed by atoms with Crippen LogP contribution in [0, 0.1) is 5.92 Å². The van der Waals surface area contributed by atoms with Crippen molar-refractivity contribution in [3.63, 3.8) is 0 Å². The molecule has 2 aromatic carbocycles. The summed E-state index contributed by atoms with van der Waals surface area (Å²) in [6.45, 7) is 6.08. The minimum Gasteiger partial charge on any atom is -0.326 e. The first-order valence-electron chi connectivity index (χ1n) is 7.93. The molecule has 0 atom stereocenters. The van der Waals surface area contributed by atoms with Crippen molar-refractivity contribution in [3.8, 4) is 11.4 Å². The van der Waals surface area contributed by atoms with E-state index >= 15 is 0 Å². The minimum atomic E-state index is 0.573. The van der Waals surface area contributed by atoms with Gasteiger partial charge in [-0.3, -0.25) is 0 Å². The first kappa shape index (κ1) is 14.8. The Bertz CT molecular complexity index is 754. The fourth-order valence-corrected chi connectivity index (χ4v) is 2.70. The van der Waals surface area contributed by atoms with E-state index in [1.807, 2.05) is 6.07 Å². The zero-order valence-corrected chi connectivity index (χ0v) is 13.3. The Morgan fingerprint density at radius 1 is 1.05 bits per heavy atom. The van der Waals surface area contributed by atoms with Crippen molar-refractivity contribution in [2.24, 2.45) is 11.7 Å². The molecule has 0 bridgehead atoms. The number of para-hydroxylation sites is 2. The molecule has 0 unspecified atom stereocenters. The Labute approximate surface area is 131 Å². The van der Waals surface area contributed by atoms with Crippen molar-refractivity contribution >= 4 is 11.0 Å². The van der Waals surface area contributed by atoms with Crippen LogP contribution >= 0.6 is 0 Å². The molecule has 22 heavy (non-hydrogen) atoms. The van der Waals surface area contributed by atoms with E-state index in [-0.39, 0.29) is 0 Å². The summed E-state index contributed by atoms with van der Waals surface area (Å²) in [5, 5.41) is 0. The Kier molecular flexibility index (Phi) is 4.25. The lowest BCUT2D eigenvalue weighted by Crippen LogP contribution is -2.04. The number of nitrogens with zero attached hydrogens (tertiary/aromatic N) is 2. The van der Waals surface area contributed by atoms with Gasteiger partial charge >= 0.3 is 0 Å². The normalized spacial score (nSPS) is 11.5. The summed E-state index contributed by atoms with van der Waals surface area (Å²) in [4.78, 5) is 4.85. The van der Waals surface area contributed by atoms with Gasteiger partial charge in [0.15, 0.2) is 0 Å². The van der Waals surface area contributed by atoms with Crippen molar-refractivity contribution in [2.75, 3.05) is 0 Å². The van der Waals surface area contributed by atoms with E-state index in [0.717, 1.165) is 35.4 Å². The number of fused-ring (bicyclic) bond motifs is 1. The number of hydrogen-bond acceptors (Lipinski definition) is 2. The third-order valence-corrected chi connectivity index (χ3v) is 4.03. The molecule has 0 amide bonds. The second kappa shape index (κ2) is 6.32.